The maximum atomic E-state index is 12.1. The molecule has 1 aromatic carbocycles. The molecule has 0 aliphatic carbocycles. The Labute approximate surface area is 121 Å². The summed E-state index contributed by atoms with van der Waals surface area (Å²) < 4.78 is 12.1. The molecule has 19 heavy (non-hydrogen) atoms. The number of benzene rings is 1. The fourth-order valence-corrected chi connectivity index (χ4v) is 2.61. The monoisotopic (exact) mass is 302 g/mol. The second kappa shape index (κ2) is 6.39. The summed E-state index contributed by atoms with van der Waals surface area (Å²) in [7, 11) is -1.47. The Morgan fingerprint density at radius 3 is 2.63 bits per heavy atom. The lowest BCUT2D eigenvalue weighted by molar-refractivity contribution is -0.120. The molecular formula is C13H19ClN2O2S. The molecule has 0 fully saturated rings. The molecule has 106 valence electrons. The Hall–Kier alpha value is -1.07. The zero-order valence-electron chi connectivity index (χ0n) is 11.3. The topological polar surface area (TPSA) is 72.2 Å². The van der Waals surface area contributed by atoms with Crippen molar-refractivity contribution in [3.63, 3.8) is 0 Å². The number of carbonyl (C=O) groups excluding carboxylic acids is 1. The molecule has 0 aliphatic rings. The average molecular weight is 303 g/mol. The molecule has 0 spiro atoms. The van der Waals surface area contributed by atoms with Crippen LogP contribution in [0, 0.1) is 0 Å². The maximum Gasteiger partial charge on any atom is 0.233 e. The summed E-state index contributed by atoms with van der Waals surface area (Å²) in [5.41, 5.74) is 5.78. The molecule has 0 radical (unpaired) electrons. The highest BCUT2D eigenvalue weighted by molar-refractivity contribution is 7.86. The maximum absolute atomic E-state index is 12.1. The van der Waals surface area contributed by atoms with Crippen molar-refractivity contribution in [2.45, 2.75) is 37.6 Å². The summed E-state index contributed by atoms with van der Waals surface area (Å²) in [6.07, 6.45) is 0.800. The van der Waals surface area contributed by atoms with Crippen LogP contribution in [0.5, 0.6) is 0 Å². The number of halogens is 1. The zero-order valence-corrected chi connectivity index (χ0v) is 12.9. The van der Waals surface area contributed by atoms with Crippen LogP contribution < -0.4 is 11.1 Å². The SMILES string of the molecule is CCC(C)(C)NC(=O)CS(=O)c1ccc(Cl)cc1N. The highest BCUT2D eigenvalue weighted by atomic mass is 35.5. The molecule has 0 saturated carbocycles. The van der Waals surface area contributed by atoms with Crippen LogP contribution in [-0.2, 0) is 15.6 Å². The number of hydrogen-bond acceptors (Lipinski definition) is 3. The molecule has 1 amide bonds. The summed E-state index contributed by atoms with van der Waals surface area (Å²) >= 11 is 5.78. The lowest BCUT2D eigenvalue weighted by Crippen LogP contribution is -2.44. The molecule has 0 aromatic heterocycles. The molecule has 0 bridgehead atoms. The van der Waals surface area contributed by atoms with E-state index in [1.165, 1.54) is 6.07 Å². The third-order valence-electron chi connectivity index (χ3n) is 2.84. The van der Waals surface area contributed by atoms with E-state index in [4.69, 9.17) is 17.3 Å². The Morgan fingerprint density at radius 2 is 2.11 bits per heavy atom. The van der Waals surface area contributed by atoms with Crippen molar-refractivity contribution in [1.82, 2.24) is 5.32 Å². The first-order valence-electron chi connectivity index (χ1n) is 5.99. The van der Waals surface area contributed by atoms with Crippen molar-refractivity contribution in [3.05, 3.63) is 23.2 Å². The van der Waals surface area contributed by atoms with Crippen LogP contribution in [0.15, 0.2) is 23.1 Å². The number of nitrogens with one attached hydrogen (secondary N) is 1. The Bertz CT molecular complexity index is 503. The van der Waals surface area contributed by atoms with Crippen molar-refractivity contribution >= 4 is 34.0 Å². The summed E-state index contributed by atoms with van der Waals surface area (Å²) in [5, 5.41) is 3.32. The van der Waals surface area contributed by atoms with E-state index in [0.717, 1.165) is 6.42 Å². The molecule has 1 atom stereocenters. The van der Waals surface area contributed by atoms with E-state index >= 15 is 0 Å². The molecule has 0 aliphatic heterocycles. The Morgan fingerprint density at radius 1 is 1.47 bits per heavy atom. The first-order valence-corrected chi connectivity index (χ1v) is 7.69. The van der Waals surface area contributed by atoms with Gasteiger partial charge in [0.15, 0.2) is 0 Å². The smallest absolute Gasteiger partial charge is 0.233 e. The van der Waals surface area contributed by atoms with Gasteiger partial charge in [-0.2, -0.15) is 0 Å². The Kier molecular flexibility index (Phi) is 5.38. The standard InChI is InChI=1S/C13H19ClN2O2S/c1-4-13(2,3)16-12(17)8-19(18)11-6-5-9(14)7-10(11)15/h5-7H,4,8,15H2,1-3H3,(H,16,17). The fraction of sp³-hybridized carbons (Fsp3) is 0.462. The molecule has 6 heteroatoms. The van der Waals surface area contributed by atoms with Gasteiger partial charge in [0.1, 0.15) is 5.75 Å². The van der Waals surface area contributed by atoms with E-state index in [0.29, 0.717) is 15.6 Å². The molecular weight excluding hydrogens is 284 g/mol. The van der Waals surface area contributed by atoms with Crippen LogP contribution in [0.3, 0.4) is 0 Å². The van der Waals surface area contributed by atoms with Gasteiger partial charge < -0.3 is 11.1 Å². The third-order valence-corrected chi connectivity index (χ3v) is 4.46. The lowest BCUT2D eigenvalue weighted by atomic mass is 10.0. The quantitative estimate of drug-likeness (QED) is 0.820. The van der Waals surface area contributed by atoms with Gasteiger partial charge in [0.25, 0.3) is 0 Å². The zero-order chi connectivity index (χ0) is 14.6. The van der Waals surface area contributed by atoms with Gasteiger partial charge in [-0.3, -0.25) is 9.00 Å². The largest absolute Gasteiger partial charge is 0.398 e. The number of amides is 1. The van der Waals surface area contributed by atoms with E-state index in [9.17, 15) is 9.00 Å². The van der Waals surface area contributed by atoms with E-state index < -0.39 is 10.8 Å². The van der Waals surface area contributed by atoms with Gasteiger partial charge in [-0.15, -0.1) is 0 Å². The fourth-order valence-electron chi connectivity index (χ4n) is 1.43. The van der Waals surface area contributed by atoms with Crippen LogP contribution in [0.2, 0.25) is 5.02 Å². The lowest BCUT2D eigenvalue weighted by Gasteiger charge is -2.24. The van der Waals surface area contributed by atoms with Gasteiger partial charge in [-0.25, -0.2) is 0 Å². The molecule has 1 rings (SSSR count). The number of anilines is 1. The van der Waals surface area contributed by atoms with Crippen LogP contribution in [0.1, 0.15) is 27.2 Å². The molecule has 1 unspecified atom stereocenters. The van der Waals surface area contributed by atoms with Crippen LogP contribution in [-0.4, -0.2) is 21.4 Å². The van der Waals surface area contributed by atoms with Gasteiger partial charge in [-0.1, -0.05) is 18.5 Å². The summed E-state index contributed by atoms with van der Waals surface area (Å²) in [4.78, 5) is 12.2. The summed E-state index contributed by atoms with van der Waals surface area (Å²) in [6, 6.07) is 4.73. The number of nitrogens with two attached hydrogens (primary N) is 1. The van der Waals surface area contributed by atoms with E-state index in [1.807, 2.05) is 20.8 Å². The molecule has 0 saturated heterocycles. The average Bonchev–Trinajstić information content (AvgIpc) is 2.27. The van der Waals surface area contributed by atoms with Gasteiger partial charge in [0.05, 0.1) is 15.7 Å². The molecule has 0 heterocycles. The summed E-state index contributed by atoms with van der Waals surface area (Å²) in [6.45, 7) is 5.82. The third kappa shape index (κ3) is 4.84. The van der Waals surface area contributed by atoms with Crippen LogP contribution in [0.4, 0.5) is 5.69 Å². The highest BCUT2D eigenvalue weighted by Gasteiger charge is 2.20. The van der Waals surface area contributed by atoms with Gasteiger partial charge in [0, 0.05) is 16.2 Å². The predicted octanol–water partition coefficient (Wildman–Crippen LogP) is 2.33. The van der Waals surface area contributed by atoms with Crippen molar-refractivity contribution in [3.8, 4) is 0 Å². The van der Waals surface area contributed by atoms with Crippen LogP contribution >= 0.6 is 11.6 Å². The number of nitrogen functional groups attached to an aromatic ring is 1. The van der Waals surface area contributed by atoms with Crippen molar-refractivity contribution in [1.29, 1.82) is 0 Å². The normalized spacial score (nSPS) is 13.1. The van der Waals surface area contributed by atoms with Crippen molar-refractivity contribution in [2.24, 2.45) is 0 Å². The number of rotatable bonds is 5. The van der Waals surface area contributed by atoms with Gasteiger partial charge in [0.2, 0.25) is 5.91 Å². The molecule has 1 aromatic rings. The van der Waals surface area contributed by atoms with Crippen molar-refractivity contribution < 1.29 is 9.00 Å². The first kappa shape index (κ1) is 16.0. The minimum Gasteiger partial charge on any atom is -0.398 e. The predicted molar refractivity (Wildman–Crippen MR) is 79.7 cm³/mol. The second-order valence-corrected chi connectivity index (χ2v) is 6.81. The minimum absolute atomic E-state index is 0.102. The van der Waals surface area contributed by atoms with E-state index in [2.05, 4.69) is 5.32 Å². The van der Waals surface area contributed by atoms with E-state index in [-0.39, 0.29) is 17.2 Å². The van der Waals surface area contributed by atoms with Crippen molar-refractivity contribution in [2.75, 3.05) is 11.5 Å². The first-order chi connectivity index (χ1) is 8.75. The number of carbonyl (C=O) groups is 1. The highest BCUT2D eigenvalue weighted by Crippen LogP contribution is 2.21. The van der Waals surface area contributed by atoms with Crippen LogP contribution in [0.25, 0.3) is 0 Å². The van der Waals surface area contributed by atoms with Gasteiger partial charge >= 0.3 is 0 Å². The summed E-state index contributed by atoms with van der Waals surface area (Å²) in [5.74, 6) is -0.352. The number of hydrogen-bond donors (Lipinski definition) is 2. The Balaban J connectivity index is 2.72. The van der Waals surface area contributed by atoms with Gasteiger partial charge in [-0.05, 0) is 38.5 Å². The molecule has 3 N–H and O–H groups in total. The molecule has 4 nitrogen and oxygen atoms in total. The van der Waals surface area contributed by atoms with E-state index in [1.54, 1.807) is 12.1 Å². The second-order valence-electron chi connectivity index (χ2n) is 4.96. The minimum atomic E-state index is -1.47.